The summed E-state index contributed by atoms with van der Waals surface area (Å²) >= 11 is 0. The lowest BCUT2D eigenvalue weighted by Gasteiger charge is -2.27. The number of hydrogen-bond acceptors (Lipinski definition) is 2. The number of furan rings is 1. The van der Waals surface area contributed by atoms with Gasteiger partial charge >= 0.3 is 0 Å². The smallest absolute Gasteiger partial charge is 0.135 e. The maximum atomic E-state index is 6.12. The number of rotatable bonds is 9. The number of fused-ring (bicyclic) bond motifs is 3. The van der Waals surface area contributed by atoms with Crippen LogP contribution in [-0.4, -0.2) is 0 Å². The highest BCUT2D eigenvalue weighted by atomic mass is 16.3. The van der Waals surface area contributed by atoms with Crippen LogP contribution >= 0.6 is 0 Å². The number of anilines is 3. The maximum Gasteiger partial charge on any atom is 0.135 e. The Morgan fingerprint density at radius 2 is 0.625 bits per heavy atom. The molecule has 0 amide bonds. The fourth-order valence-electron chi connectivity index (χ4n) is 9.16. The number of aryl methyl sites for hydroxylation is 2. The van der Waals surface area contributed by atoms with Crippen molar-refractivity contribution in [2.24, 2.45) is 0 Å². The molecule has 0 aliphatic rings. The topological polar surface area (TPSA) is 16.4 Å². The van der Waals surface area contributed by atoms with Gasteiger partial charge in [-0.05, 0) is 146 Å². The quantitative estimate of drug-likeness (QED) is 0.144. The number of para-hydroxylation sites is 1. The third-order valence-electron chi connectivity index (χ3n) is 12.6. The van der Waals surface area contributed by atoms with E-state index in [2.05, 4.69) is 243 Å². The minimum Gasteiger partial charge on any atom is -0.456 e. The predicted molar refractivity (Wildman–Crippen MR) is 270 cm³/mol. The largest absolute Gasteiger partial charge is 0.456 e. The molecule has 304 valence electrons. The lowest BCUT2D eigenvalue weighted by Crippen LogP contribution is -2.10. The van der Waals surface area contributed by atoms with Crippen LogP contribution in [0, 0.1) is 13.8 Å². The van der Waals surface area contributed by atoms with Crippen molar-refractivity contribution in [3.8, 4) is 66.8 Å². The van der Waals surface area contributed by atoms with Crippen molar-refractivity contribution in [3.05, 3.63) is 248 Å². The molecule has 11 rings (SSSR count). The van der Waals surface area contributed by atoms with E-state index in [1.54, 1.807) is 0 Å². The van der Waals surface area contributed by atoms with E-state index in [1.165, 1.54) is 77.9 Å². The Morgan fingerprint density at radius 3 is 1.12 bits per heavy atom. The SMILES string of the molecule is Cc1cc(-c2ccc3oc4ccccc4c3c2)ccc1-c1ccc(N(c2ccc(-c3ccc(-c4ccccc4)cc3)cc2)c2ccc(-c3ccc(-c4ccccc4)cc3)cc2)cc1C. The van der Waals surface area contributed by atoms with Gasteiger partial charge in [-0.15, -0.1) is 0 Å². The highest BCUT2D eigenvalue weighted by Gasteiger charge is 2.17. The monoisotopic (exact) mass is 819 g/mol. The van der Waals surface area contributed by atoms with E-state index in [-0.39, 0.29) is 0 Å². The molecule has 0 N–H and O–H groups in total. The molecule has 2 heteroatoms. The molecular formula is C62H45NO. The van der Waals surface area contributed by atoms with Crippen molar-refractivity contribution in [1.29, 1.82) is 0 Å². The van der Waals surface area contributed by atoms with Gasteiger partial charge in [-0.3, -0.25) is 0 Å². The molecule has 0 radical (unpaired) electrons. The zero-order valence-corrected chi connectivity index (χ0v) is 35.9. The molecule has 0 aliphatic heterocycles. The first-order valence-electron chi connectivity index (χ1n) is 22.0. The normalized spacial score (nSPS) is 11.3. The Bertz CT molecular complexity index is 3280. The first-order chi connectivity index (χ1) is 31.5. The first kappa shape index (κ1) is 38.7. The van der Waals surface area contributed by atoms with E-state index in [4.69, 9.17) is 4.42 Å². The van der Waals surface area contributed by atoms with Crippen LogP contribution in [0.2, 0.25) is 0 Å². The summed E-state index contributed by atoms with van der Waals surface area (Å²) in [5.41, 5.74) is 22.1. The van der Waals surface area contributed by atoms with Crippen LogP contribution in [0.5, 0.6) is 0 Å². The summed E-state index contributed by atoms with van der Waals surface area (Å²) < 4.78 is 6.12. The van der Waals surface area contributed by atoms with Crippen LogP contribution in [-0.2, 0) is 0 Å². The van der Waals surface area contributed by atoms with Crippen LogP contribution < -0.4 is 4.90 Å². The van der Waals surface area contributed by atoms with Crippen LogP contribution in [0.1, 0.15) is 11.1 Å². The van der Waals surface area contributed by atoms with Crippen molar-refractivity contribution in [3.63, 3.8) is 0 Å². The molecule has 0 atom stereocenters. The minimum absolute atomic E-state index is 0.914. The summed E-state index contributed by atoms with van der Waals surface area (Å²) in [6, 6.07) is 85.2. The highest BCUT2D eigenvalue weighted by Crippen LogP contribution is 2.41. The number of hydrogen-bond donors (Lipinski definition) is 0. The molecule has 0 fully saturated rings. The zero-order chi connectivity index (χ0) is 43.0. The molecule has 0 aliphatic carbocycles. The summed E-state index contributed by atoms with van der Waals surface area (Å²) in [6.45, 7) is 4.45. The summed E-state index contributed by atoms with van der Waals surface area (Å²) in [6.07, 6.45) is 0. The Balaban J connectivity index is 0.916. The second kappa shape index (κ2) is 16.6. The summed E-state index contributed by atoms with van der Waals surface area (Å²) in [7, 11) is 0. The zero-order valence-electron chi connectivity index (χ0n) is 35.9. The molecule has 11 aromatic rings. The lowest BCUT2D eigenvalue weighted by molar-refractivity contribution is 0.669. The van der Waals surface area contributed by atoms with E-state index < -0.39 is 0 Å². The molecule has 0 saturated heterocycles. The molecule has 64 heavy (non-hydrogen) atoms. The van der Waals surface area contributed by atoms with Crippen LogP contribution in [0.4, 0.5) is 17.1 Å². The Morgan fingerprint density at radius 1 is 0.266 bits per heavy atom. The highest BCUT2D eigenvalue weighted by molar-refractivity contribution is 6.06. The van der Waals surface area contributed by atoms with E-state index in [0.29, 0.717) is 0 Å². The van der Waals surface area contributed by atoms with Crippen molar-refractivity contribution in [2.75, 3.05) is 4.90 Å². The van der Waals surface area contributed by atoms with Gasteiger partial charge < -0.3 is 9.32 Å². The molecule has 1 heterocycles. The van der Waals surface area contributed by atoms with Gasteiger partial charge in [-0.1, -0.05) is 182 Å². The fraction of sp³-hybridized carbons (Fsp3) is 0.0323. The second-order valence-corrected chi connectivity index (χ2v) is 16.7. The van der Waals surface area contributed by atoms with E-state index in [0.717, 1.165) is 39.0 Å². The third-order valence-corrected chi connectivity index (χ3v) is 12.6. The van der Waals surface area contributed by atoms with Gasteiger partial charge in [0, 0.05) is 27.8 Å². The predicted octanol–water partition coefficient (Wildman–Crippen LogP) is 17.7. The fourth-order valence-corrected chi connectivity index (χ4v) is 9.16. The minimum atomic E-state index is 0.914. The van der Waals surface area contributed by atoms with E-state index in [9.17, 15) is 0 Å². The average Bonchev–Trinajstić information content (AvgIpc) is 3.74. The van der Waals surface area contributed by atoms with Crippen molar-refractivity contribution < 1.29 is 4.42 Å². The van der Waals surface area contributed by atoms with Crippen LogP contribution in [0.25, 0.3) is 88.7 Å². The molecule has 1 aromatic heterocycles. The van der Waals surface area contributed by atoms with Gasteiger partial charge in [0.05, 0.1) is 0 Å². The van der Waals surface area contributed by atoms with Gasteiger partial charge in [0.1, 0.15) is 11.2 Å². The summed E-state index contributed by atoms with van der Waals surface area (Å²) in [5.74, 6) is 0. The van der Waals surface area contributed by atoms with Crippen molar-refractivity contribution in [1.82, 2.24) is 0 Å². The molecule has 0 unspecified atom stereocenters. The second-order valence-electron chi connectivity index (χ2n) is 16.7. The van der Waals surface area contributed by atoms with Gasteiger partial charge in [-0.2, -0.15) is 0 Å². The molecule has 0 bridgehead atoms. The first-order valence-corrected chi connectivity index (χ1v) is 22.0. The molecule has 0 spiro atoms. The van der Waals surface area contributed by atoms with E-state index >= 15 is 0 Å². The van der Waals surface area contributed by atoms with Gasteiger partial charge in [0.2, 0.25) is 0 Å². The van der Waals surface area contributed by atoms with Gasteiger partial charge in [0.25, 0.3) is 0 Å². The lowest BCUT2D eigenvalue weighted by atomic mass is 9.92. The number of benzene rings is 10. The van der Waals surface area contributed by atoms with Crippen molar-refractivity contribution in [2.45, 2.75) is 13.8 Å². The maximum absolute atomic E-state index is 6.12. The van der Waals surface area contributed by atoms with Gasteiger partial charge in [0.15, 0.2) is 0 Å². The standard InChI is InChI=1S/C62H45NO/c1-42-39-52(53-30-38-62-60(41-53)59-15-9-10-16-61(59)64-62)29-36-57(42)58-37-35-56(40-43(58)2)63(54-31-25-50(26-32-54)48-21-17-46(18-22-48)44-11-5-3-6-12-44)55-33-27-51(28-34-55)49-23-19-47(20-24-49)45-13-7-4-8-14-45/h3-41H,1-2H3. The molecule has 10 aromatic carbocycles. The third kappa shape index (κ3) is 7.46. The van der Waals surface area contributed by atoms with Gasteiger partial charge in [-0.25, -0.2) is 0 Å². The molecular weight excluding hydrogens is 775 g/mol. The summed E-state index contributed by atoms with van der Waals surface area (Å²) in [4.78, 5) is 2.37. The number of nitrogens with zero attached hydrogens (tertiary/aromatic N) is 1. The molecule has 2 nitrogen and oxygen atoms in total. The van der Waals surface area contributed by atoms with E-state index in [1.807, 2.05) is 12.1 Å². The van der Waals surface area contributed by atoms with Crippen LogP contribution in [0.3, 0.4) is 0 Å². The Hall–Kier alpha value is -8.20. The Kier molecular flexibility index (Phi) is 10.0. The van der Waals surface area contributed by atoms with Crippen molar-refractivity contribution >= 4 is 39.0 Å². The Labute approximate surface area is 375 Å². The average molecular weight is 820 g/mol. The molecule has 0 saturated carbocycles. The summed E-state index contributed by atoms with van der Waals surface area (Å²) in [5, 5.41) is 2.29. The van der Waals surface area contributed by atoms with Crippen LogP contribution in [0.15, 0.2) is 241 Å².